The van der Waals surface area contributed by atoms with Crippen LogP contribution in [0.5, 0.6) is 11.5 Å². The summed E-state index contributed by atoms with van der Waals surface area (Å²) in [7, 11) is 1.65. The van der Waals surface area contributed by atoms with Crippen LogP contribution in [0.2, 0.25) is 0 Å². The van der Waals surface area contributed by atoms with Crippen molar-refractivity contribution in [1.29, 1.82) is 0 Å². The van der Waals surface area contributed by atoms with Crippen molar-refractivity contribution in [1.82, 2.24) is 14.9 Å². The van der Waals surface area contributed by atoms with Gasteiger partial charge in [-0.2, -0.15) is 0 Å². The maximum absolute atomic E-state index is 12.4. The Hall–Kier alpha value is -3.80. The summed E-state index contributed by atoms with van der Waals surface area (Å²) >= 11 is 0. The number of rotatable bonds is 10. The van der Waals surface area contributed by atoms with E-state index in [1.165, 1.54) is 0 Å². The zero-order valence-electron chi connectivity index (χ0n) is 19.1. The Balaban J connectivity index is 1.35. The number of hydrogen-bond donors (Lipinski definition) is 1. The van der Waals surface area contributed by atoms with Crippen molar-refractivity contribution >= 4 is 16.9 Å². The number of nitrogens with zero attached hydrogens (tertiary/aromatic N) is 2. The smallest absolute Gasteiger partial charge is 0.251 e. The third-order valence-electron chi connectivity index (χ3n) is 5.52. The summed E-state index contributed by atoms with van der Waals surface area (Å²) in [6.45, 7) is 3.80. The zero-order chi connectivity index (χ0) is 23.0. The molecule has 0 bridgehead atoms. The van der Waals surface area contributed by atoms with Crippen LogP contribution in [0, 0.1) is 6.92 Å². The van der Waals surface area contributed by atoms with Crippen LogP contribution >= 0.6 is 0 Å². The highest BCUT2D eigenvalue weighted by Gasteiger charge is 2.11. The van der Waals surface area contributed by atoms with Gasteiger partial charge in [0.15, 0.2) is 0 Å². The molecule has 33 heavy (non-hydrogen) atoms. The van der Waals surface area contributed by atoms with Crippen LogP contribution < -0.4 is 14.8 Å². The summed E-state index contributed by atoms with van der Waals surface area (Å²) in [4.78, 5) is 17.2. The summed E-state index contributed by atoms with van der Waals surface area (Å²) < 4.78 is 13.3. The second kappa shape index (κ2) is 10.7. The molecule has 1 N–H and O–H groups in total. The highest BCUT2D eigenvalue weighted by atomic mass is 16.5. The molecule has 6 nitrogen and oxygen atoms in total. The van der Waals surface area contributed by atoms with Crippen molar-refractivity contribution in [2.75, 3.05) is 20.3 Å². The predicted molar refractivity (Wildman–Crippen MR) is 130 cm³/mol. The molecule has 1 amide bonds. The maximum Gasteiger partial charge on any atom is 0.251 e. The Labute approximate surface area is 194 Å². The molecule has 4 rings (SSSR count). The lowest BCUT2D eigenvalue weighted by atomic mass is 10.1. The largest absolute Gasteiger partial charge is 0.497 e. The molecule has 3 aromatic carbocycles. The first kappa shape index (κ1) is 22.4. The van der Waals surface area contributed by atoms with E-state index in [4.69, 9.17) is 14.5 Å². The molecule has 0 saturated heterocycles. The highest BCUT2D eigenvalue weighted by Crippen LogP contribution is 2.19. The number of aryl methyl sites for hydroxylation is 2. The first-order chi connectivity index (χ1) is 16.1. The van der Waals surface area contributed by atoms with E-state index < -0.39 is 0 Å². The van der Waals surface area contributed by atoms with E-state index in [-0.39, 0.29) is 5.91 Å². The van der Waals surface area contributed by atoms with Crippen molar-refractivity contribution in [3.8, 4) is 11.5 Å². The van der Waals surface area contributed by atoms with Crippen LogP contribution in [-0.2, 0) is 13.0 Å². The lowest BCUT2D eigenvalue weighted by Gasteiger charge is -2.11. The summed E-state index contributed by atoms with van der Waals surface area (Å²) in [5, 5.41) is 3.01. The molecule has 4 aromatic rings. The van der Waals surface area contributed by atoms with Gasteiger partial charge in [-0.05, 0) is 61.9 Å². The first-order valence-corrected chi connectivity index (χ1v) is 11.2. The minimum atomic E-state index is -0.0416. The summed E-state index contributed by atoms with van der Waals surface area (Å²) in [6, 6.07) is 23.3. The van der Waals surface area contributed by atoms with Crippen molar-refractivity contribution in [3.05, 3.63) is 89.7 Å². The van der Waals surface area contributed by atoms with Gasteiger partial charge < -0.3 is 19.4 Å². The molecular formula is C27H29N3O3. The fourth-order valence-electron chi connectivity index (χ4n) is 3.83. The molecule has 0 saturated carbocycles. The molecule has 6 heteroatoms. The van der Waals surface area contributed by atoms with Crippen LogP contribution in [0.4, 0.5) is 0 Å². The van der Waals surface area contributed by atoms with Gasteiger partial charge in [0.25, 0.3) is 5.91 Å². The average molecular weight is 444 g/mol. The number of carbonyl (C=O) groups excluding carboxylic acids is 1. The number of amides is 1. The molecule has 0 radical (unpaired) electrons. The van der Waals surface area contributed by atoms with Crippen LogP contribution in [-0.4, -0.2) is 35.7 Å². The molecule has 0 atom stereocenters. The number of fused-ring (bicyclic) bond motifs is 1. The van der Waals surface area contributed by atoms with Gasteiger partial charge in [0, 0.05) is 18.5 Å². The minimum absolute atomic E-state index is 0.0416. The number of methoxy groups -OCH3 is 1. The third kappa shape index (κ3) is 5.71. The van der Waals surface area contributed by atoms with Crippen LogP contribution in [0.3, 0.4) is 0 Å². The van der Waals surface area contributed by atoms with Gasteiger partial charge in [0.2, 0.25) is 0 Å². The SMILES string of the molecule is COc1ccc(OCCn2c(CCCNC(=O)c3cccc(C)c3)nc3ccccc32)cc1. The van der Waals surface area contributed by atoms with E-state index in [0.717, 1.165) is 46.8 Å². The van der Waals surface area contributed by atoms with Gasteiger partial charge in [-0.1, -0.05) is 29.8 Å². The van der Waals surface area contributed by atoms with Crippen molar-refractivity contribution < 1.29 is 14.3 Å². The molecule has 0 fully saturated rings. The van der Waals surface area contributed by atoms with Gasteiger partial charge in [-0.15, -0.1) is 0 Å². The van der Waals surface area contributed by atoms with E-state index in [1.54, 1.807) is 7.11 Å². The van der Waals surface area contributed by atoms with Crippen LogP contribution in [0.1, 0.15) is 28.2 Å². The van der Waals surface area contributed by atoms with Gasteiger partial charge in [0.1, 0.15) is 23.9 Å². The zero-order valence-corrected chi connectivity index (χ0v) is 19.1. The van der Waals surface area contributed by atoms with Crippen molar-refractivity contribution in [2.45, 2.75) is 26.3 Å². The van der Waals surface area contributed by atoms with Crippen LogP contribution in [0.15, 0.2) is 72.8 Å². The number of benzene rings is 3. The Morgan fingerprint density at radius 1 is 1.00 bits per heavy atom. The van der Waals surface area contributed by atoms with Gasteiger partial charge in [-0.25, -0.2) is 4.98 Å². The molecule has 0 aliphatic rings. The normalized spacial score (nSPS) is 10.8. The summed E-state index contributed by atoms with van der Waals surface area (Å²) in [6.07, 6.45) is 1.57. The number of para-hydroxylation sites is 2. The fourth-order valence-corrected chi connectivity index (χ4v) is 3.83. The first-order valence-electron chi connectivity index (χ1n) is 11.2. The lowest BCUT2D eigenvalue weighted by molar-refractivity contribution is 0.0953. The van der Waals surface area contributed by atoms with Crippen LogP contribution in [0.25, 0.3) is 11.0 Å². The fraction of sp³-hybridized carbons (Fsp3) is 0.259. The van der Waals surface area contributed by atoms with E-state index >= 15 is 0 Å². The van der Waals surface area contributed by atoms with E-state index in [1.807, 2.05) is 73.7 Å². The van der Waals surface area contributed by atoms with Gasteiger partial charge in [0.05, 0.1) is 24.7 Å². The number of aromatic nitrogens is 2. The Bertz CT molecular complexity index is 1220. The maximum atomic E-state index is 12.4. The second-order valence-electron chi connectivity index (χ2n) is 7.92. The Morgan fingerprint density at radius 3 is 2.58 bits per heavy atom. The summed E-state index contributed by atoms with van der Waals surface area (Å²) in [5.74, 6) is 2.57. The molecule has 0 spiro atoms. The van der Waals surface area contributed by atoms with Crippen molar-refractivity contribution in [3.63, 3.8) is 0 Å². The van der Waals surface area contributed by atoms with Gasteiger partial charge >= 0.3 is 0 Å². The molecular weight excluding hydrogens is 414 g/mol. The molecule has 1 aromatic heterocycles. The third-order valence-corrected chi connectivity index (χ3v) is 5.52. The Morgan fingerprint density at radius 2 is 1.79 bits per heavy atom. The van der Waals surface area contributed by atoms with E-state index in [2.05, 4.69) is 16.0 Å². The topological polar surface area (TPSA) is 65.4 Å². The standard InChI is InChI=1S/C27H29N3O3/c1-20-7-5-8-21(19-20)27(31)28-16-6-11-26-29-24-9-3-4-10-25(24)30(26)17-18-33-23-14-12-22(32-2)13-15-23/h3-5,7-10,12-15,19H,6,11,16-18H2,1-2H3,(H,28,31). The predicted octanol–water partition coefficient (Wildman–Crippen LogP) is 4.79. The number of nitrogens with one attached hydrogen (secondary N) is 1. The highest BCUT2D eigenvalue weighted by molar-refractivity contribution is 5.94. The number of carbonyl (C=O) groups is 1. The quantitative estimate of drug-likeness (QED) is 0.358. The molecule has 0 aliphatic carbocycles. The molecule has 0 aliphatic heterocycles. The van der Waals surface area contributed by atoms with E-state index in [9.17, 15) is 4.79 Å². The second-order valence-corrected chi connectivity index (χ2v) is 7.92. The lowest BCUT2D eigenvalue weighted by Crippen LogP contribution is -2.25. The van der Waals surface area contributed by atoms with Gasteiger partial charge in [-0.3, -0.25) is 4.79 Å². The molecule has 1 heterocycles. The number of hydrogen-bond acceptors (Lipinski definition) is 4. The number of ether oxygens (including phenoxy) is 2. The van der Waals surface area contributed by atoms with Crippen molar-refractivity contribution in [2.24, 2.45) is 0 Å². The average Bonchev–Trinajstić information content (AvgIpc) is 3.19. The number of imidazole rings is 1. The van der Waals surface area contributed by atoms with E-state index in [0.29, 0.717) is 25.3 Å². The molecule has 0 unspecified atom stereocenters. The monoisotopic (exact) mass is 443 g/mol. The summed E-state index contributed by atoms with van der Waals surface area (Å²) in [5.41, 5.74) is 3.83. The Kier molecular flexibility index (Phi) is 7.25. The molecule has 170 valence electrons. The minimum Gasteiger partial charge on any atom is -0.497 e.